The van der Waals surface area contributed by atoms with E-state index in [9.17, 15) is 4.79 Å². The molecule has 0 aliphatic carbocycles. The molecule has 0 radical (unpaired) electrons. The van der Waals surface area contributed by atoms with E-state index in [1.165, 1.54) is 0 Å². The van der Waals surface area contributed by atoms with Crippen molar-refractivity contribution >= 4 is 6.03 Å². The highest BCUT2D eigenvalue weighted by Gasteiger charge is 2.19. The third kappa shape index (κ3) is 3.01. The molecule has 0 bridgehead atoms. The molecule has 1 aliphatic heterocycles. The highest BCUT2D eigenvalue weighted by Crippen LogP contribution is 2.18. The van der Waals surface area contributed by atoms with Crippen molar-refractivity contribution in [3.05, 3.63) is 42.4 Å². The third-order valence-corrected chi connectivity index (χ3v) is 3.61. The minimum atomic E-state index is -0.157. The van der Waals surface area contributed by atoms with Gasteiger partial charge in [-0.25, -0.2) is 9.78 Å². The van der Waals surface area contributed by atoms with Gasteiger partial charge in [0.2, 0.25) is 0 Å². The van der Waals surface area contributed by atoms with E-state index in [0.717, 1.165) is 31.0 Å². The predicted octanol–water partition coefficient (Wildman–Crippen LogP) is 1.54. The first-order valence-electron chi connectivity index (χ1n) is 6.85. The Morgan fingerprint density at radius 2 is 2.45 bits per heavy atom. The minimum absolute atomic E-state index is 0.157. The highest BCUT2D eigenvalue weighted by atomic mass is 16.3. The number of hydrogen-bond acceptors (Lipinski definition) is 3. The number of imidazole rings is 1. The zero-order chi connectivity index (χ0) is 13.8. The van der Waals surface area contributed by atoms with Gasteiger partial charge in [0.1, 0.15) is 11.6 Å². The van der Waals surface area contributed by atoms with Crippen LogP contribution in [0.3, 0.4) is 0 Å². The molecular weight excluding hydrogens is 256 g/mol. The van der Waals surface area contributed by atoms with Gasteiger partial charge in [-0.2, -0.15) is 0 Å². The second-order valence-corrected chi connectivity index (χ2v) is 5.04. The monoisotopic (exact) mass is 274 g/mol. The Bertz CT molecular complexity index is 562. The normalized spacial score (nSPS) is 17.5. The first-order chi connectivity index (χ1) is 9.81. The molecule has 2 aromatic heterocycles. The molecule has 2 N–H and O–H groups in total. The number of nitrogens with one attached hydrogen (secondary N) is 2. The topological polar surface area (TPSA) is 72.1 Å². The number of furan rings is 1. The van der Waals surface area contributed by atoms with Gasteiger partial charge in [0.05, 0.1) is 12.8 Å². The Labute approximate surface area is 117 Å². The number of fused-ring (bicyclic) bond motifs is 1. The van der Waals surface area contributed by atoms with Crippen LogP contribution in [0.25, 0.3) is 0 Å². The zero-order valence-electron chi connectivity index (χ0n) is 11.2. The molecule has 0 spiro atoms. The Morgan fingerprint density at radius 3 is 3.30 bits per heavy atom. The molecule has 0 saturated carbocycles. The number of nitrogens with zero attached hydrogens (tertiary/aromatic N) is 2. The van der Waals surface area contributed by atoms with Crippen LogP contribution in [0, 0.1) is 5.92 Å². The fourth-order valence-corrected chi connectivity index (χ4v) is 2.47. The van der Waals surface area contributed by atoms with Crippen LogP contribution in [0.5, 0.6) is 0 Å². The predicted molar refractivity (Wildman–Crippen MR) is 73.0 cm³/mol. The van der Waals surface area contributed by atoms with E-state index in [2.05, 4.69) is 20.2 Å². The van der Waals surface area contributed by atoms with E-state index in [-0.39, 0.29) is 6.03 Å². The lowest BCUT2D eigenvalue weighted by Gasteiger charge is -2.23. The van der Waals surface area contributed by atoms with Crippen molar-refractivity contribution < 1.29 is 9.21 Å². The molecule has 0 aromatic carbocycles. The molecule has 20 heavy (non-hydrogen) atoms. The van der Waals surface area contributed by atoms with E-state index in [0.29, 0.717) is 19.0 Å². The first kappa shape index (κ1) is 12.8. The summed E-state index contributed by atoms with van der Waals surface area (Å²) in [6.45, 7) is 2.07. The summed E-state index contributed by atoms with van der Waals surface area (Å²) in [5, 5.41) is 5.68. The van der Waals surface area contributed by atoms with Crippen LogP contribution < -0.4 is 10.6 Å². The van der Waals surface area contributed by atoms with Gasteiger partial charge < -0.3 is 19.6 Å². The fraction of sp³-hybridized carbons (Fsp3) is 0.429. The van der Waals surface area contributed by atoms with Gasteiger partial charge in [-0.05, 0) is 24.5 Å². The molecule has 2 aromatic rings. The van der Waals surface area contributed by atoms with Crippen LogP contribution in [0.1, 0.15) is 18.0 Å². The zero-order valence-corrected chi connectivity index (χ0v) is 11.2. The van der Waals surface area contributed by atoms with Gasteiger partial charge in [0.15, 0.2) is 0 Å². The van der Waals surface area contributed by atoms with E-state index in [1.807, 2.05) is 18.5 Å². The Morgan fingerprint density at radius 1 is 1.50 bits per heavy atom. The Balaban J connectivity index is 1.40. The van der Waals surface area contributed by atoms with Crippen molar-refractivity contribution in [2.75, 3.05) is 6.54 Å². The molecule has 0 saturated heterocycles. The minimum Gasteiger partial charge on any atom is -0.467 e. The Hall–Kier alpha value is -2.24. The number of hydrogen-bond donors (Lipinski definition) is 2. The van der Waals surface area contributed by atoms with Gasteiger partial charge >= 0.3 is 6.03 Å². The van der Waals surface area contributed by atoms with Gasteiger partial charge in [0, 0.05) is 31.9 Å². The summed E-state index contributed by atoms with van der Waals surface area (Å²) in [7, 11) is 0. The van der Waals surface area contributed by atoms with Crippen LogP contribution in [0.15, 0.2) is 35.2 Å². The summed E-state index contributed by atoms with van der Waals surface area (Å²) >= 11 is 0. The number of urea groups is 1. The summed E-state index contributed by atoms with van der Waals surface area (Å²) in [6, 6.07) is 3.48. The molecule has 6 heteroatoms. The molecule has 3 rings (SSSR count). The third-order valence-electron chi connectivity index (χ3n) is 3.61. The number of amides is 2. The molecule has 6 nitrogen and oxygen atoms in total. The van der Waals surface area contributed by atoms with Crippen LogP contribution in [-0.2, 0) is 19.5 Å². The second-order valence-electron chi connectivity index (χ2n) is 5.04. The summed E-state index contributed by atoms with van der Waals surface area (Å²) in [5.74, 6) is 2.32. The summed E-state index contributed by atoms with van der Waals surface area (Å²) in [4.78, 5) is 16.0. The van der Waals surface area contributed by atoms with Crippen LogP contribution in [-0.4, -0.2) is 22.1 Å². The van der Waals surface area contributed by atoms with Crippen molar-refractivity contribution in [3.63, 3.8) is 0 Å². The molecule has 106 valence electrons. The highest BCUT2D eigenvalue weighted by molar-refractivity contribution is 5.73. The van der Waals surface area contributed by atoms with Crippen molar-refractivity contribution in [2.24, 2.45) is 5.92 Å². The first-order valence-corrected chi connectivity index (χ1v) is 6.85. The molecule has 1 unspecified atom stereocenters. The van der Waals surface area contributed by atoms with Crippen LogP contribution in [0.2, 0.25) is 0 Å². The van der Waals surface area contributed by atoms with E-state index < -0.39 is 0 Å². The average Bonchev–Trinajstić information content (AvgIpc) is 3.13. The van der Waals surface area contributed by atoms with Crippen LogP contribution >= 0.6 is 0 Å². The maximum atomic E-state index is 11.7. The summed E-state index contributed by atoms with van der Waals surface area (Å²) in [6.07, 6.45) is 7.43. The standard InChI is InChI=1S/C14H18N4O2/c19-14(17-10-12-2-1-7-20-12)16-9-11-3-5-18-6-4-15-13(18)8-11/h1-2,4,6-7,11H,3,5,8-10H2,(H2,16,17,19). The number of carbonyl (C=O) groups excluding carboxylic acids is 1. The van der Waals surface area contributed by atoms with Crippen LogP contribution in [0.4, 0.5) is 4.79 Å². The van der Waals surface area contributed by atoms with Gasteiger partial charge in [0.25, 0.3) is 0 Å². The number of carbonyl (C=O) groups is 1. The maximum Gasteiger partial charge on any atom is 0.315 e. The van der Waals surface area contributed by atoms with Crippen molar-refractivity contribution in [1.29, 1.82) is 0 Å². The molecule has 2 amide bonds. The van der Waals surface area contributed by atoms with Gasteiger partial charge in [-0.15, -0.1) is 0 Å². The van der Waals surface area contributed by atoms with E-state index in [4.69, 9.17) is 4.42 Å². The van der Waals surface area contributed by atoms with Gasteiger partial charge in [-0.3, -0.25) is 0 Å². The number of aromatic nitrogens is 2. The maximum absolute atomic E-state index is 11.7. The lowest BCUT2D eigenvalue weighted by atomic mass is 9.98. The molecule has 3 heterocycles. The number of rotatable bonds is 4. The second kappa shape index (κ2) is 5.81. The summed E-state index contributed by atoms with van der Waals surface area (Å²) < 4.78 is 7.33. The smallest absolute Gasteiger partial charge is 0.315 e. The van der Waals surface area contributed by atoms with Crippen molar-refractivity contribution in [1.82, 2.24) is 20.2 Å². The largest absolute Gasteiger partial charge is 0.467 e. The lowest BCUT2D eigenvalue weighted by molar-refractivity contribution is 0.235. The average molecular weight is 274 g/mol. The number of aryl methyl sites for hydroxylation is 1. The summed E-state index contributed by atoms with van der Waals surface area (Å²) in [5.41, 5.74) is 0. The lowest BCUT2D eigenvalue weighted by Crippen LogP contribution is -2.39. The van der Waals surface area contributed by atoms with E-state index >= 15 is 0 Å². The van der Waals surface area contributed by atoms with Crippen molar-refractivity contribution in [2.45, 2.75) is 25.9 Å². The molecular formula is C14H18N4O2. The fourth-order valence-electron chi connectivity index (χ4n) is 2.47. The molecule has 1 aliphatic rings. The SMILES string of the molecule is O=C(NCc1ccco1)NCC1CCn2ccnc2C1. The quantitative estimate of drug-likeness (QED) is 0.888. The van der Waals surface area contributed by atoms with Crippen molar-refractivity contribution in [3.8, 4) is 0 Å². The Kier molecular flexibility index (Phi) is 3.71. The van der Waals surface area contributed by atoms with E-state index in [1.54, 1.807) is 12.3 Å². The molecule has 1 atom stereocenters. The molecule has 0 fully saturated rings. The van der Waals surface area contributed by atoms with Gasteiger partial charge in [-0.1, -0.05) is 0 Å².